The maximum Gasteiger partial charge on any atom is 0.265 e. The lowest BCUT2D eigenvalue weighted by Crippen LogP contribution is -2.24. The zero-order valence-corrected chi connectivity index (χ0v) is 16.8. The van der Waals surface area contributed by atoms with Crippen molar-refractivity contribution < 1.29 is 17.9 Å². The number of nitrogens with one attached hydrogen (secondary N) is 1. The summed E-state index contributed by atoms with van der Waals surface area (Å²) < 4.78 is 34.2. The Bertz CT molecular complexity index is 976. The Kier molecular flexibility index (Phi) is 5.15. The molecule has 0 atom stereocenters. The van der Waals surface area contributed by atoms with Gasteiger partial charge >= 0.3 is 0 Å². The predicted molar refractivity (Wildman–Crippen MR) is 106 cm³/mol. The number of carbonyl (C=O) groups excluding carboxylic acids is 1. The Labute approximate surface area is 160 Å². The monoisotopic (exact) mass is 388 g/mol. The summed E-state index contributed by atoms with van der Waals surface area (Å²) in [5, 5.41) is 0. The second-order valence-electron chi connectivity index (χ2n) is 6.86. The molecule has 2 aromatic carbocycles. The number of rotatable bonds is 5. The van der Waals surface area contributed by atoms with E-state index in [1.165, 1.54) is 13.2 Å². The van der Waals surface area contributed by atoms with Gasteiger partial charge in [0.2, 0.25) is 5.91 Å². The highest BCUT2D eigenvalue weighted by Crippen LogP contribution is 2.33. The second-order valence-corrected chi connectivity index (χ2v) is 8.51. The molecule has 0 aliphatic carbocycles. The number of methoxy groups -OCH3 is 1. The van der Waals surface area contributed by atoms with Crippen LogP contribution in [0.3, 0.4) is 0 Å². The first-order valence-corrected chi connectivity index (χ1v) is 10.3. The molecular formula is C20H24N2O4S. The Morgan fingerprint density at radius 2 is 1.74 bits per heavy atom. The zero-order valence-electron chi connectivity index (χ0n) is 16.0. The van der Waals surface area contributed by atoms with Crippen molar-refractivity contribution in [2.75, 3.05) is 23.3 Å². The molecular weight excluding hydrogens is 364 g/mol. The molecule has 0 radical (unpaired) electrons. The SMILES string of the molecule is COc1ccc(N2CCCC2=O)cc1S(=O)(=O)Nc1c(C)cc(C)cc1C. The minimum atomic E-state index is -3.90. The van der Waals surface area contributed by atoms with Crippen LogP contribution in [0.4, 0.5) is 11.4 Å². The van der Waals surface area contributed by atoms with E-state index in [-0.39, 0.29) is 16.6 Å². The van der Waals surface area contributed by atoms with Crippen LogP contribution in [0.25, 0.3) is 0 Å². The van der Waals surface area contributed by atoms with Gasteiger partial charge in [-0.2, -0.15) is 0 Å². The van der Waals surface area contributed by atoms with Crippen LogP contribution in [0.1, 0.15) is 29.5 Å². The van der Waals surface area contributed by atoms with Crippen LogP contribution in [-0.2, 0) is 14.8 Å². The average molecular weight is 388 g/mol. The molecule has 1 fully saturated rings. The Morgan fingerprint density at radius 3 is 2.30 bits per heavy atom. The molecule has 0 bridgehead atoms. The highest BCUT2D eigenvalue weighted by Gasteiger charge is 2.26. The van der Waals surface area contributed by atoms with Crippen LogP contribution in [0.15, 0.2) is 35.2 Å². The van der Waals surface area contributed by atoms with E-state index in [4.69, 9.17) is 4.74 Å². The highest BCUT2D eigenvalue weighted by atomic mass is 32.2. The summed E-state index contributed by atoms with van der Waals surface area (Å²) >= 11 is 0. The van der Waals surface area contributed by atoms with Crippen molar-refractivity contribution in [2.45, 2.75) is 38.5 Å². The molecule has 7 heteroatoms. The van der Waals surface area contributed by atoms with Crippen molar-refractivity contribution in [1.82, 2.24) is 0 Å². The van der Waals surface area contributed by atoms with E-state index in [2.05, 4.69) is 4.72 Å². The quantitative estimate of drug-likeness (QED) is 0.850. The molecule has 3 rings (SSSR count). The lowest BCUT2D eigenvalue weighted by Gasteiger charge is -2.19. The van der Waals surface area contributed by atoms with Crippen molar-refractivity contribution in [3.05, 3.63) is 47.0 Å². The summed E-state index contributed by atoms with van der Waals surface area (Å²) in [6.07, 6.45) is 1.25. The number of sulfonamides is 1. The molecule has 0 unspecified atom stereocenters. The summed E-state index contributed by atoms with van der Waals surface area (Å²) in [5.74, 6) is 0.238. The molecule has 0 saturated carbocycles. The lowest BCUT2D eigenvalue weighted by molar-refractivity contribution is -0.117. The lowest BCUT2D eigenvalue weighted by atomic mass is 10.1. The predicted octanol–water partition coefficient (Wildman–Crippen LogP) is 3.55. The molecule has 2 aromatic rings. The molecule has 1 amide bonds. The van der Waals surface area contributed by atoms with Gasteiger partial charge in [0, 0.05) is 18.7 Å². The van der Waals surface area contributed by atoms with Crippen LogP contribution >= 0.6 is 0 Å². The fourth-order valence-corrected chi connectivity index (χ4v) is 4.89. The van der Waals surface area contributed by atoms with Crippen molar-refractivity contribution in [1.29, 1.82) is 0 Å². The number of nitrogens with zero attached hydrogens (tertiary/aromatic N) is 1. The molecule has 0 spiro atoms. The van der Waals surface area contributed by atoms with E-state index in [0.29, 0.717) is 24.3 Å². The first-order chi connectivity index (χ1) is 12.7. The van der Waals surface area contributed by atoms with Gasteiger partial charge in [0.25, 0.3) is 10.0 Å². The number of amides is 1. The Balaban J connectivity index is 2.04. The fraction of sp³-hybridized carbons (Fsp3) is 0.350. The van der Waals surface area contributed by atoms with Gasteiger partial charge in [-0.15, -0.1) is 0 Å². The Hall–Kier alpha value is -2.54. The van der Waals surface area contributed by atoms with Crippen molar-refractivity contribution in [3.8, 4) is 5.75 Å². The van der Waals surface area contributed by atoms with Gasteiger partial charge in [-0.3, -0.25) is 9.52 Å². The number of carbonyl (C=O) groups is 1. The van der Waals surface area contributed by atoms with Gasteiger partial charge in [-0.1, -0.05) is 17.7 Å². The van der Waals surface area contributed by atoms with E-state index < -0.39 is 10.0 Å². The zero-order chi connectivity index (χ0) is 19.8. The van der Waals surface area contributed by atoms with Gasteiger partial charge in [0.05, 0.1) is 12.8 Å². The van der Waals surface area contributed by atoms with Crippen molar-refractivity contribution in [2.24, 2.45) is 0 Å². The topological polar surface area (TPSA) is 75.7 Å². The Morgan fingerprint density at radius 1 is 1.07 bits per heavy atom. The fourth-order valence-electron chi connectivity index (χ4n) is 3.49. The number of hydrogen-bond donors (Lipinski definition) is 1. The van der Waals surface area contributed by atoms with Gasteiger partial charge in [0.1, 0.15) is 10.6 Å². The van der Waals surface area contributed by atoms with Gasteiger partial charge < -0.3 is 9.64 Å². The van der Waals surface area contributed by atoms with Gasteiger partial charge in [-0.05, 0) is 56.5 Å². The van der Waals surface area contributed by atoms with E-state index in [0.717, 1.165) is 23.1 Å². The summed E-state index contributed by atoms with van der Waals surface area (Å²) in [5.41, 5.74) is 3.89. The average Bonchev–Trinajstić information content (AvgIpc) is 3.03. The van der Waals surface area contributed by atoms with E-state index in [1.807, 2.05) is 32.9 Å². The van der Waals surface area contributed by atoms with Gasteiger partial charge in [0.15, 0.2) is 0 Å². The number of benzene rings is 2. The summed E-state index contributed by atoms with van der Waals surface area (Å²) in [4.78, 5) is 13.7. The molecule has 27 heavy (non-hydrogen) atoms. The molecule has 0 aromatic heterocycles. The molecule has 6 nitrogen and oxygen atoms in total. The standard InChI is InChI=1S/C20H24N2O4S/c1-13-10-14(2)20(15(3)11-13)21-27(24,25)18-12-16(7-8-17(18)26-4)22-9-5-6-19(22)23/h7-8,10-12,21H,5-6,9H2,1-4H3. The summed E-state index contributed by atoms with van der Waals surface area (Å²) in [6, 6.07) is 8.67. The number of ether oxygens (including phenoxy) is 1. The van der Waals surface area contributed by atoms with Crippen LogP contribution in [0.5, 0.6) is 5.75 Å². The van der Waals surface area contributed by atoms with E-state index in [1.54, 1.807) is 17.0 Å². The first kappa shape index (κ1) is 19.2. The largest absolute Gasteiger partial charge is 0.495 e. The van der Waals surface area contributed by atoms with Crippen molar-refractivity contribution in [3.63, 3.8) is 0 Å². The molecule has 1 aliphatic heterocycles. The smallest absolute Gasteiger partial charge is 0.265 e. The number of hydrogen-bond acceptors (Lipinski definition) is 4. The molecule has 1 aliphatic rings. The third-order valence-corrected chi connectivity index (χ3v) is 6.11. The third kappa shape index (κ3) is 3.78. The normalized spacial score (nSPS) is 14.5. The summed E-state index contributed by atoms with van der Waals surface area (Å²) in [6.45, 7) is 6.30. The summed E-state index contributed by atoms with van der Waals surface area (Å²) in [7, 11) is -2.47. The number of anilines is 2. The maximum atomic E-state index is 13.1. The molecule has 1 N–H and O–H groups in total. The van der Waals surface area contributed by atoms with Crippen LogP contribution in [0, 0.1) is 20.8 Å². The van der Waals surface area contributed by atoms with E-state index >= 15 is 0 Å². The minimum Gasteiger partial charge on any atom is -0.495 e. The molecule has 144 valence electrons. The minimum absolute atomic E-state index is 0.00157. The number of aryl methyl sites for hydroxylation is 3. The highest BCUT2D eigenvalue weighted by molar-refractivity contribution is 7.92. The van der Waals surface area contributed by atoms with E-state index in [9.17, 15) is 13.2 Å². The maximum absolute atomic E-state index is 13.1. The van der Waals surface area contributed by atoms with Gasteiger partial charge in [-0.25, -0.2) is 8.42 Å². The van der Waals surface area contributed by atoms with Crippen LogP contribution in [0.2, 0.25) is 0 Å². The second kappa shape index (κ2) is 7.23. The third-order valence-electron chi connectivity index (χ3n) is 4.74. The van der Waals surface area contributed by atoms with Crippen molar-refractivity contribution >= 4 is 27.3 Å². The van der Waals surface area contributed by atoms with Crippen LogP contribution in [-0.4, -0.2) is 28.0 Å². The molecule has 1 saturated heterocycles. The van der Waals surface area contributed by atoms with Crippen LogP contribution < -0.4 is 14.4 Å². The molecule has 1 heterocycles. The first-order valence-electron chi connectivity index (χ1n) is 8.82.